The number of rotatable bonds is 8. The van der Waals surface area contributed by atoms with E-state index < -0.39 is 29.4 Å². The Morgan fingerprint density at radius 1 is 0.949 bits per heavy atom. The predicted octanol–water partition coefficient (Wildman–Crippen LogP) is 6.39. The fourth-order valence-corrected chi connectivity index (χ4v) is 4.61. The SMILES string of the molecule is O=C(CSc1nnc(CNC(=O)c2c(F)cccc2Cl)n1-c1ccccc1)Nc1cc(C(F)(F)F)ccc1Cl. The Labute approximate surface area is 233 Å². The molecule has 2 N–H and O–H groups in total. The zero-order valence-corrected chi connectivity index (χ0v) is 21.9. The normalized spacial score (nSPS) is 11.3. The van der Waals surface area contributed by atoms with Crippen molar-refractivity contribution in [2.24, 2.45) is 0 Å². The van der Waals surface area contributed by atoms with Gasteiger partial charge in [0.2, 0.25) is 5.91 Å². The molecule has 202 valence electrons. The van der Waals surface area contributed by atoms with Crippen LogP contribution in [0.25, 0.3) is 5.69 Å². The number of hydrogen-bond donors (Lipinski definition) is 2. The van der Waals surface area contributed by atoms with Crippen molar-refractivity contribution in [3.63, 3.8) is 0 Å². The summed E-state index contributed by atoms with van der Waals surface area (Å²) in [5.74, 6) is -2.15. The number of halogens is 6. The molecule has 7 nitrogen and oxygen atoms in total. The number of amides is 2. The number of para-hydroxylation sites is 1. The molecule has 0 atom stereocenters. The highest BCUT2D eigenvalue weighted by Gasteiger charge is 2.31. The van der Waals surface area contributed by atoms with Crippen molar-refractivity contribution >= 4 is 52.5 Å². The van der Waals surface area contributed by atoms with E-state index >= 15 is 0 Å². The van der Waals surface area contributed by atoms with Crippen molar-refractivity contribution in [2.45, 2.75) is 17.9 Å². The lowest BCUT2D eigenvalue weighted by Gasteiger charge is -2.13. The zero-order chi connectivity index (χ0) is 28.2. The fraction of sp³-hybridized carbons (Fsp3) is 0.120. The van der Waals surface area contributed by atoms with Gasteiger partial charge in [-0.2, -0.15) is 13.2 Å². The summed E-state index contributed by atoms with van der Waals surface area (Å²) in [5, 5.41) is 13.3. The van der Waals surface area contributed by atoms with Gasteiger partial charge in [-0.3, -0.25) is 14.2 Å². The average molecular weight is 598 g/mol. The van der Waals surface area contributed by atoms with Gasteiger partial charge in [-0.25, -0.2) is 4.39 Å². The van der Waals surface area contributed by atoms with E-state index in [9.17, 15) is 27.2 Å². The van der Waals surface area contributed by atoms with Crippen molar-refractivity contribution < 1.29 is 27.2 Å². The van der Waals surface area contributed by atoms with Crippen LogP contribution in [0, 0.1) is 5.82 Å². The molecule has 4 rings (SSSR count). The number of nitrogens with zero attached hydrogens (tertiary/aromatic N) is 3. The Morgan fingerprint density at radius 2 is 1.69 bits per heavy atom. The van der Waals surface area contributed by atoms with Crippen LogP contribution in [0.4, 0.5) is 23.2 Å². The van der Waals surface area contributed by atoms with E-state index in [1.165, 1.54) is 12.1 Å². The maximum atomic E-state index is 14.1. The maximum Gasteiger partial charge on any atom is 0.416 e. The molecule has 0 bridgehead atoms. The van der Waals surface area contributed by atoms with Crippen LogP contribution in [0.1, 0.15) is 21.7 Å². The highest BCUT2D eigenvalue weighted by Crippen LogP contribution is 2.34. The van der Waals surface area contributed by atoms with Crippen molar-refractivity contribution in [3.05, 3.63) is 99.5 Å². The number of carbonyl (C=O) groups is 2. The summed E-state index contributed by atoms with van der Waals surface area (Å²) in [6.07, 6.45) is -4.60. The molecule has 1 heterocycles. The summed E-state index contributed by atoms with van der Waals surface area (Å²) >= 11 is 12.9. The molecule has 0 fully saturated rings. The first-order valence-corrected chi connectivity index (χ1v) is 12.8. The van der Waals surface area contributed by atoms with Crippen LogP contribution in [0.3, 0.4) is 0 Å². The first-order chi connectivity index (χ1) is 18.5. The number of alkyl halides is 3. The zero-order valence-electron chi connectivity index (χ0n) is 19.6. The molecule has 0 aliphatic rings. The van der Waals surface area contributed by atoms with Crippen molar-refractivity contribution in [1.82, 2.24) is 20.1 Å². The molecule has 0 radical (unpaired) electrons. The lowest BCUT2D eigenvalue weighted by atomic mass is 10.2. The van der Waals surface area contributed by atoms with E-state index in [1.54, 1.807) is 34.9 Å². The quantitative estimate of drug-likeness (QED) is 0.181. The van der Waals surface area contributed by atoms with Crippen LogP contribution in [-0.2, 0) is 17.5 Å². The predicted molar refractivity (Wildman–Crippen MR) is 140 cm³/mol. The molecular formula is C25H17Cl2F4N5O2S. The molecular weight excluding hydrogens is 581 g/mol. The molecule has 3 aromatic carbocycles. The third-order valence-electron chi connectivity index (χ3n) is 5.21. The third kappa shape index (κ3) is 6.88. The molecule has 0 aliphatic carbocycles. The van der Waals surface area contributed by atoms with Crippen LogP contribution in [0.2, 0.25) is 10.0 Å². The number of benzene rings is 3. The van der Waals surface area contributed by atoms with Gasteiger partial charge in [-0.1, -0.05) is 59.2 Å². The maximum absolute atomic E-state index is 14.1. The molecule has 0 saturated carbocycles. The second kappa shape index (κ2) is 12.1. The summed E-state index contributed by atoms with van der Waals surface area (Å²) in [7, 11) is 0. The minimum Gasteiger partial charge on any atom is -0.345 e. The van der Waals surface area contributed by atoms with E-state index in [2.05, 4.69) is 20.8 Å². The van der Waals surface area contributed by atoms with Gasteiger partial charge in [0.15, 0.2) is 11.0 Å². The molecule has 0 spiro atoms. The molecule has 39 heavy (non-hydrogen) atoms. The molecule has 0 saturated heterocycles. The average Bonchev–Trinajstić information content (AvgIpc) is 3.30. The first kappa shape index (κ1) is 28.4. The van der Waals surface area contributed by atoms with Gasteiger partial charge in [0.05, 0.1) is 39.2 Å². The van der Waals surface area contributed by atoms with Gasteiger partial charge in [-0.05, 0) is 42.5 Å². The van der Waals surface area contributed by atoms with Gasteiger partial charge in [0.1, 0.15) is 5.82 Å². The summed E-state index contributed by atoms with van der Waals surface area (Å²) in [6.45, 7) is -0.155. The van der Waals surface area contributed by atoms with Crippen molar-refractivity contribution in [3.8, 4) is 5.69 Å². The number of thioether (sulfide) groups is 1. The Kier molecular flexibility index (Phi) is 8.78. The van der Waals surface area contributed by atoms with Gasteiger partial charge in [0.25, 0.3) is 5.91 Å². The van der Waals surface area contributed by atoms with E-state index in [4.69, 9.17) is 23.2 Å². The minimum atomic E-state index is -4.60. The second-order valence-corrected chi connectivity index (χ2v) is 9.64. The van der Waals surface area contributed by atoms with Crippen LogP contribution in [-0.4, -0.2) is 32.3 Å². The Balaban J connectivity index is 1.50. The van der Waals surface area contributed by atoms with E-state index in [-0.39, 0.29) is 44.6 Å². The van der Waals surface area contributed by atoms with Crippen LogP contribution >= 0.6 is 35.0 Å². The molecule has 2 amide bonds. The summed E-state index contributed by atoms with van der Waals surface area (Å²) < 4.78 is 54.8. The van der Waals surface area contributed by atoms with Crippen LogP contribution in [0.15, 0.2) is 71.9 Å². The lowest BCUT2D eigenvalue weighted by molar-refractivity contribution is -0.137. The molecule has 0 unspecified atom stereocenters. The van der Waals surface area contributed by atoms with Gasteiger partial charge < -0.3 is 10.6 Å². The molecule has 1 aromatic heterocycles. The molecule has 14 heteroatoms. The van der Waals surface area contributed by atoms with Crippen molar-refractivity contribution in [1.29, 1.82) is 0 Å². The largest absolute Gasteiger partial charge is 0.416 e. The Bertz CT molecular complexity index is 1500. The smallest absolute Gasteiger partial charge is 0.345 e. The third-order valence-corrected chi connectivity index (χ3v) is 6.79. The van der Waals surface area contributed by atoms with Gasteiger partial charge in [0, 0.05) is 5.69 Å². The molecule has 4 aromatic rings. The standard InChI is InChI=1S/C25H17Cl2F4N5O2S/c26-16-10-9-14(25(29,30)31)11-19(16)33-21(37)13-39-24-35-34-20(36(24)15-5-2-1-3-6-15)12-32-23(38)22-17(27)7-4-8-18(22)28/h1-11H,12-13H2,(H,32,38)(H,33,37). The topological polar surface area (TPSA) is 88.9 Å². The number of nitrogens with one attached hydrogen (secondary N) is 2. The number of carbonyl (C=O) groups excluding carboxylic acids is 2. The van der Waals surface area contributed by atoms with Crippen LogP contribution < -0.4 is 10.6 Å². The van der Waals surface area contributed by atoms with Gasteiger partial charge >= 0.3 is 6.18 Å². The summed E-state index contributed by atoms with van der Waals surface area (Å²) in [6, 6.07) is 15.3. The first-order valence-electron chi connectivity index (χ1n) is 11.1. The Hall–Kier alpha value is -3.61. The monoisotopic (exact) mass is 597 g/mol. The van der Waals surface area contributed by atoms with E-state index in [1.807, 2.05) is 0 Å². The van der Waals surface area contributed by atoms with Crippen molar-refractivity contribution in [2.75, 3.05) is 11.1 Å². The fourth-order valence-electron chi connectivity index (χ4n) is 3.42. The summed E-state index contributed by atoms with van der Waals surface area (Å²) in [4.78, 5) is 25.1. The van der Waals surface area contributed by atoms with Crippen LogP contribution in [0.5, 0.6) is 0 Å². The van der Waals surface area contributed by atoms with Gasteiger partial charge in [-0.15, -0.1) is 10.2 Å². The number of anilines is 1. The van der Waals surface area contributed by atoms with E-state index in [0.717, 1.165) is 36.0 Å². The van der Waals surface area contributed by atoms with E-state index in [0.29, 0.717) is 5.69 Å². The highest BCUT2D eigenvalue weighted by molar-refractivity contribution is 7.99. The lowest BCUT2D eigenvalue weighted by Crippen LogP contribution is -2.26. The number of aromatic nitrogens is 3. The summed E-state index contributed by atoms with van der Waals surface area (Å²) in [5.41, 5.74) is -0.845. The Morgan fingerprint density at radius 3 is 2.38 bits per heavy atom. The minimum absolute atomic E-state index is 0.0539. The second-order valence-electron chi connectivity index (χ2n) is 7.88. The molecule has 0 aliphatic heterocycles. The number of hydrogen-bond acceptors (Lipinski definition) is 5. The highest BCUT2D eigenvalue weighted by atomic mass is 35.5.